The van der Waals surface area contributed by atoms with Gasteiger partial charge in [0, 0.05) is 4.90 Å². The highest BCUT2D eigenvalue weighted by molar-refractivity contribution is 8.00. The summed E-state index contributed by atoms with van der Waals surface area (Å²) in [6, 6.07) is 4.09. The summed E-state index contributed by atoms with van der Waals surface area (Å²) in [4.78, 5) is 12.0. The lowest BCUT2D eigenvalue weighted by atomic mass is 10.3. The highest BCUT2D eigenvalue weighted by atomic mass is 35.5. The van der Waals surface area contributed by atoms with Gasteiger partial charge in [-0.15, -0.1) is 11.8 Å². The van der Waals surface area contributed by atoms with Crippen molar-refractivity contribution in [2.45, 2.75) is 24.0 Å². The van der Waals surface area contributed by atoms with Crippen LogP contribution in [0.25, 0.3) is 0 Å². The molecule has 16 heavy (non-hydrogen) atoms. The van der Waals surface area contributed by atoms with Crippen LogP contribution in [0.4, 0.5) is 4.39 Å². The summed E-state index contributed by atoms with van der Waals surface area (Å²) in [6.07, 6.45) is 0. The van der Waals surface area contributed by atoms with E-state index in [0.717, 1.165) is 0 Å². The van der Waals surface area contributed by atoms with Crippen LogP contribution >= 0.6 is 23.4 Å². The zero-order valence-electron chi connectivity index (χ0n) is 9.00. The van der Waals surface area contributed by atoms with E-state index in [1.165, 1.54) is 23.9 Å². The molecule has 1 rings (SSSR count). The number of thioether (sulfide) groups is 1. The fourth-order valence-electron chi connectivity index (χ4n) is 1.07. The molecule has 88 valence electrons. The topological polar surface area (TPSA) is 26.3 Å². The minimum Gasteiger partial charge on any atom is -0.465 e. The second-order valence-corrected chi connectivity index (χ2v) is 4.88. The van der Waals surface area contributed by atoms with Gasteiger partial charge in [-0.3, -0.25) is 4.79 Å². The first-order chi connectivity index (χ1) is 7.54. The Morgan fingerprint density at radius 2 is 2.31 bits per heavy atom. The normalized spacial score (nSPS) is 12.2. The van der Waals surface area contributed by atoms with Gasteiger partial charge in [0.25, 0.3) is 0 Å². The lowest BCUT2D eigenvalue weighted by molar-refractivity contribution is -0.142. The molecule has 1 unspecified atom stereocenters. The van der Waals surface area contributed by atoms with Crippen molar-refractivity contribution in [3.8, 4) is 0 Å². The Morgan fingerprint density at radius 1 is 1.62 bits per heavy atom. The molecule has 2 nitrogen and oxygen atoms in total. The average molecular weight is 263 g/mol. The number of hydrogen-bond donors (Lipinski definition) is 0. The van der Waals surface area contributed by atoms with E-state index in [4.69, 9.17) is 16.3 Å². The molecule has 0 saturated carbocycles. The van der Waals surface area contributed by atoms with Crippen LogP contribution in [0.3, 0.4) is 0 Å². The third-order valence-corrected chi connectivity index (χ3v) is 3.40. The number of hydrogen-bond acceptors (Lipinski definition) is 3. The van der Waals surface area contributed by atoms with Gasteiger partial charge >= 0.3 is 5.97 Å². The van der Waals surface area contributed by atoms with Crippen LogP contribution in [-0.2, 0) is 9.53 Å². The molecule has 0 N–H and O–H groups in total. The van der Waals surface area contributed by atoms with Gasteiger partial charge in [-0.1, -0.05) is 11.6 Å². The quantitative estimate of drug-likeness (QED) is 0.613. The third-order valence-electron chi connectivity index (χ3n) is 1.82. The highest BCUT2D eigenvalue weighted by Gasteiger charge is 2.16. The maximum absolute atomic E-state index is 12.8. The SMILES string of the molecule is CCOC(=O)C(C)Sc1ccc(F)cc1Cl. The number of carbonyl (C=O) groups excluding carboxylic acids is 1. The largest absolute Gasteiger partial charge is 0.465 e. The Balaban J connectivity index is 2.69. The van der Waals surface area contributed by atoms with Gasteiger partial charge < -0.3 is 4.74 Å². The van der Waals surface area contributed by atoms with Crippen LogP contribution < -0.4 is 0 Å². The molecule has 1 aromatic carbocycles. The van der Waals surface area contributed by atoms with Crippen molar-refractivity contribution in [2.75, 3.05) is 6.61 Å². The van der Waals surface area contributed by atoms with E-state index >= 15 is 0 Å². The number of benzene rings is 1. The number of rotatable bonds is 4. The zero-order valence-corrected chi connectivity index (χ0v) is 10.6. The molecule has 0 fully saturated rings. The van der Waals surface area contributed by atoms with Crippen molar-refractivity contribution in [1.82, 2.24) is 0 Å². The minimum atomic E-state index is -0.391. The molecule has 0 aliphatic rings. The molecule has 0 bridgehead atoms. The van der Waals surface area contributed by atoms with Crippen LogP contribution in [-0.4, -0.2) is 17.8 Å². The van der Waals surface area contributed by atoms with E-state index in [9.17, 15) is 9.18 Å². The Labute approximate surface area is 103 Å². The highest BCUT2D eigenvalue weighted by Crippen LogP contribution is 2.31. The smallest absolute Gasteiger partial charge is 0.319 e. The van der Waals surface area contributed by atoms with Crippen molar-refractivity contribution >= 4 is 29.3 Å². The molecule has 0 aromatic heterocycles. The van der Waals surface area contributed by atoms with Gasteiger partial charge in [-0.05, 0) is 32.0 Å². The molecule has 1 atom stereocenters. The molecule has 0 amide bonds. The van der Waals surface area contributed by atoms with E-state index in [0.29, 0.717) is 16.5 Å². The Hall–Kier alpha value is -0.740. The lowest BCUT2D eigenvalue weighted by Gasteiger charge is -2.10. The van der Waals surface area contributed by atoms with E-state index < -0.39 is 5.82 Å². The fraction of sp³-hybridized carbons (Fsp3) is 0.364. The Bertz CT molecular complexity index is 384. The second kappa shape index (κ2) is 6.11. The number of halogens is 2. The standard InChI is InChI=1S/C11H12ClFO2S/c1-3-15-11(14)7(2)16-10-5-4-8(13)6-9(10)12/h4-7H,3H2,1-2H3. The lowest BCUT2D eigenvalue weighted by Crippen LogP contribution is -2.16. The molecule has 0 aliphatic carbocycles. The van der Waals surface area contributed by atoms with E-state index in [1.54, 1.807) is 19.9 Å². The fourth-order valence-corrected chi connectivity index (χ4v) is 2.23. The molecular formula is C11H12ClFO2S. The molecule has 0 radical (unpaired) electrons. The predicted octanol–water partition coefficient (Wildman–Crippen LogP) is 3.52. The maximum atomic E-state index is 12.8. The maximum Gasteiger partial charge on any atom is 0.319 e. The summed E-state index contributed by atoms with van der Waals surface area (Å²) in [5, 5.41) is -0.0518. The van der Waals surface area contributed by atoms with E-state index in [1.807, 2.05) is 0 Å². The first-order valence-electron chi connectivity index (χ1n) is 4.83. The monoisotopic (exact) mass is 262 g/mol. The number of esters is 1. The zero-order chi connectivity index (χ0) is 12.1. The molecular weight excluding hydrogens is 251 g/mol. The molecule has 0 spiro atoms. The van der Waals surface area contributed by atoms with Crippen LogP contribution in [0.15, 0.2) is 23.1 Å². The van der Waals surface area contributed by atoms with E-state index in [-0.39, 0.29) is 11.2 Å². The first-order valence-corrected chi connectivity index (χ1v) is 6.08. The van der Waals surface area contributed by atoms with Crippen molar-refractivity contribution in [1.29, 1.82) is 0 Å². The molecule has 5 heteroatoms. The van der Waals surface area contributed by atoms with Crippen molar-refractivity contribution < 1.29 is 13.9 Å². The first kappa shape index (κ1) is 13.3. The van der Waals surface area contributed by atoms with Crippen LogP contribution in [0.2, 0.25) is 5.02 Å². The van der Waals surface area contributed by atoms with Gasteiger partial charge in [-0.25, -0.2) is 4.39 Å². The average Bonchev–Trinajstić information content (AvgIpc) is 2.22. The van der Waals surface area contributed by atoms with Crippen LogP contribution in [0.5, 0.6) is 0 Å². The predicted molar refractivity (Wildman–Crippen MR) is 63.4 cm³/mol. The summed E-state index contributed by atoms with van der Waals surface area (Å²) in [6.45, 7) is 3.82. The van der Waals surface area contributed by atoms with Gasteiger partial charge in [0.2, 0.25) is 0 Å². The molecule has 0 heterocycles. The van der Waals surface area contributed by atoms with Gasteiger partial charge in [-0.2, -0.15) is 0 Å². The van der Waals surface area contributed by atoms with Gasteiger partial charge in [0.15, 0.2) is 0 Å². The second-order valence-electron chi connectivity index (χ2n) is 3.09. The molecule has 0 aliphatic heterocycles. The summed E-state index contributed by atoms with van der Waals surface area (Å²) in [5.41, 5.74) is 0. The van der Waals surface area contributed by atoms with Gasteiger partial charge in [0.1, 0.15) is 11.1 Å². The number of ether oxygens (including phenoxy) is 1. The van der Waals surface area contributed by atoms with Crippen LogP contribution in [0.1, 0.15) is 13.8 Å². The summed E-state index contributed by atoms with van der Waals surface area (Å²) >= 11 is 7.10. The molecule has 0 saturated heterocycles. The third kappa shape index (κ3) is 3.68. The molecule has 1 aromatic rings. The summed E-state index contributed by atoms with van der Waals surface area (Å²) in [5.74, 6) is -0.689. The van der Waals surface area contributed by atoms with Gasteiger partial charge in [0.05, 0.1) is 11.6 Å². The van der Waals surface area contributed by atoms with Crippen LogP contribution in [0, 0.1) is 5.82 Å². The van der Waals surface area contributed by atoms with Crippen molar-refractivity contribution in [2.24, 2.45) is 0 Å². The Morgan fingerprint density at radius 3 is 2.88 bits per heavy atom. The van der Waals surface area contributed by atoms with E-state index in [2.05, 4.69) is 0 Å². The van der Waals surface area contributed by atoms with Crippen molar-refractivity contribution in [3.63, 3.8) is 0 Å². The Kier molecular flexibility index (Phi) is 5.09. The number of carbonyl (C=O) groups is 1. The minimum absolute atomic E-state index is 0.298. The summed E-state index contributed by atoms with van der Waals surface area (Å²) < 4.78 is 17.6. The summed E-state index contributed by atoms with van der Waals surface area (Å²) in [7, 11) is 0. The van der Waals surface area contributed by atoms with Crippen molar-refractivity contribution in [3.05, 3.63) is 29.0 Å².